The summed E-state index contributed by atoms with van der Waals surface area (Å²) in [5.74, 6) is 0.896. The van der Waals surface area contributed by atoms with Gasteiger partial charge in [0.1, 0.15) is 0 Å². The van der Waals surface area contributed by atoms with Crippen molar-refractivity contribution in [2.75, 3.05) is 40.3 Å². The summed E-state index contributed by atoms with van der Waals surface area (Å²) in [4.78, 5) is 4.89. The monoisotopic (exact) mass is 170 g/mol. The molecule has 0 N–H and O–H groups in total. The van der Waals surface area contributed by atoms with Gasteiger partial charge < -0.3 is 9.80 Å². The van der Waals surface area contributed by atoms with E-state index in [4.69, 9.17) is 0 Å². The zero-order valence-electron chi connectivity index (χ0n) is 8.71. The van der Waals surface area contributed by atoms with E-state index in [1.165, 1.54) is 39.0 Å². The lowest BCUT2D eigenvalue weighted by Crippen LogP contribution is -2.30. The van der Waals surface area contributed by atoms with Crippen LogP contribution in [0.2, 0.25) is 0 Å². The lowest BCUT2D eigenvalue weighted by Gasteiger charge is -2.18. The van der Waals surface area contributed by atoms with E-state index in [0.29, 0.717) is 0 Å². The van der Waals surface area contributed by atoms with Gasteiger partial charge in [0.15, 0.2) is 0 Å². The quantitative estimate of drug-likeness (QED) is 0.540. The average Bonchev–Trinajstić information content (AvgIpc) is 2.11. The first-order valence-corrected chi connectivity index (χ1v) is 5.05. The van der Waals surface area contributed by atoms with Gasteiger partial charge in [0.2, 0.25) is 0 Å². The van der Waals surface area contributed by atoms with Gasteiger partial charge in [0.05, 0.1) is 0 Å². The highest BCUT2D eigenvalue weighted by atomic mass is 15.2. The van der Waals surface area contributed by atoms with Gasteiger partial charge in [-0.15, -0.1) is 0 Å². The molecule has 0 aromatic heterocycles. The van der Waals surface area contributed by atoms with Crippen LogP contribution in [0.4, 0.5) is 0 Å². The van der Waals surface area contributed by atoms with Crippen LogP contribution in [0.1, 0.15) is 19.8 Å². The van der Waals surface area contributed by atoms with E-state index in [0.717, 1.165) is 5.92 Å². The summed E-state index contributed by atoms with van der Waals surface area (Å²) in [6, 6.07) is 0. The van der Waals surface area contributed by atoms with E-state index in [-0.39, 0.29) is 0 Å². The summed E-state index contributed by atoms with van der Waals surface area (Å²) in [5, 5.41) is 0. The third kappa shape index (κ3) is 3.55. The number of rotatable bonds is 0. The van der Waals surface area contributed by atoms with Gasteiger partial charge in [0.25, 0.3) is 0 Å². The van der Waals surface area contributed by atoms with E-state index in [1.54, 1.807) is 0 Å². The van der Waals surface area contributed by atoms with Crippen molar-refractivity contribution in [1.82, 2.24) is 9.80 Å². The Morgan fingerprint density at radius 2 is 1.25 bits per heavy atom. The highest BCUT2D eigenvalue weighted by molar-refractivity contribution is 4.65. The molecule has 1 rings (SSSR count). The van der Waals surface area contributed by atoms with Gasteiger partial charge in [-0.25, -0.2) is 0 Å². The molecule has 1 saturated heterocycles. The molecule has 1 fully saturated rings. The van der Waals surface area contributed by atoms with Gasteiger partial charge >= 0.3 is 0 Å². The Labute approximate surface area is 76.5 Å². The highest BCUT2D eigenvalue weighted by Crippen LogP contribution is 2.10. The van der Waals surface area contributed by atoms with Crippen LogP contribution in [0.5, 0.6) is 0 Å². The molecule has 0 bridgehead atoms. The van der Waals surface area contributed by atoms with E-state index in [1.807, 2.05) is 0 Å². The van der Waals surface area contributed by atoms with Crippen LogP contribution in [0.25, 0.3) is 0 Å². The first kappa shape index (κ1) is 10.0. The molecule has 0 amide bonds. The lowest BCUT2D eigenvalue weighted by atomic mass is 10.0. The first-order chi connectivity index (χ1) is 5.68. The number of hydrogen-bond donors (Lipinski definition) is 0. The van der Waals surface area contributed by atoms with Crippen molar-refractivity contribution in [2.24, 2.45) is 5.92 Å². The van der Waals surface area contributed by atoms with Crippen molar-refractivity contribution in [3.8, 4) is 0 Å². The Morgan fingerprint density at radius 1 is 0.833 bits per heavy atom. The van der Waals surface area contributed by atoms with Crippen LogP contribution in [0.15, 0.2) is 0 Å². The third-order valence-corrected chi connectivity index (χ3v) is 2.87. The smallest absolute Gasteiger partial charge is 0.0106 e. The predicted molar refractivity (Wildman–Crippen MR) is 53.4 cm³/mol. The van der Waals surface area contributed by atoms with E-state index < -0.39 is 0 Å². The molecule has 1 heterocycles. The maximum atomic E-state index is 2.44. The molecule has 0 atom stereocenters. The van der Waals surface area contributed by atoms with E-state index in [9.17, 15) is 0 Å². The second-order valence-electron chi connectivity index (χ2n) is 4.29. The normalized spacial score (nSPS) is 26.2. The second kappa shape index (κ2) is 4.83. The van der Waals surface area contributed by atoms with Gasteiger partial charge in [-0.3, -0.25) is 0 Å². The van der Waals surface area contributed by atoms with E-state index in [2.05, 4.69) is 30.8 Å². The number of hydrogen-bond acceptors (Lipinski definition) is 2. The molecule has 0 radical (unpaired) electrons. The molecule has 12 heavy (non-hydrogen) atoms. The zero-order valence-corrected chi connectivity index (χ0v) is 8.71. The third-order valence-electron chi connectivity index (χ3n) is 2.87. The van der Waals surface area contributed by atoms with Crippen LogP contribution in [0, 0.1) is 5.92 Å². The Kier molecular flexibility index (Phi) is 4.02. The molecule has 1 aliphatic rings. The summed E-state index contributed by atoms with van der Waals surface area (Å²) < 4.78 is 0. The topological polar surface area (TPSA) is 6.48 Å². The predicted octanol–water partition coefficient (Wildman–Crippen LogP) is 1.28. The fourth-order valence-electron chi connectivity index (χ4n) is 1.59. The van der Waals surface area contributed by atoms with Crippen molar-refractivity contribution in [3.05, 3.63) is 0 Å². The fraction of sp³-hybridized carbons (Fsp3) is 1.00. The van der Waals surface area contributed by atoms with Crippen LogP contribution in [-0.4, -0.2) is 50.1 Å². The largest absolute Gasteiger partial charge is 0.305 e. The van der Waals surface area contributed by atoms with Gasteiger partial charge in [-0.05, 0) is 45.9 Å². The molecule has 0 saturated carbocycles. The summed E-state index contributed by atoms with van der Waals surface area (Å²) in [6.45, 7) is 7.36. The zero-order chi connectivity index (χ0) is 8.97. The van der Waals surface area contributed by atoms with Gasteiger partial charge in [-0.1, -0.05) is 6.92 Å². The van der Waals surface area contributed by atoms with Crippen LogP contribution < -0.4 is 0 Å². The molecule has 0 unspecified atom stereocenters. The van der Waals surface area contributed by atoms with Crippen molar-refractivity contribution in [2.45, 2.75) is 19.8 Å². The van der Waals surface area contributed by atoms with Crippen LogP contribution >= 0.6 is 0 Å². The van der Waals surface area contributed by atoms with Crippen molar-refractivity contribution in [1.29, 1.82) is 0 Å². The maximum absolute atomic E-state index is 2.44. The second-order valence-corrected chi connectivity index (χ2v) is 4.29. The van der Waals surface area contributed by atoms with E-state index >= 15 is 0 Å². The standard InChI is InChI=1S/C10H22N2/c1-10-4-6-11(2)8-9-12(3)7-5-10/h10H,4-9H2,1-3H3. The minimum Gasteiger partial charge on any atom is -0.305 e. The van der Waals surface area contributed by atoms with Crippen molar-refractivity contribution >= 4 is 0 Å². The van der Waals surface area contributed by atoms with Gasteiger partial charge in [-0.2, -0.15) is 0 Å². The molecule has 0 aliphatic carbocycles. The summed E-state index contributed by atoms with van der Waals surface area (Å²) in [5.41, 5.74) is 0. The maximum Gasteiger partial charge on any atom is 0.0106 e. The number of likely N-dealkylation sites (N-methyl/N-ethyl adjacent to an activating group) is 2. The minimum absolute atomic E-state index is 0.896. The molecular formula is C10H22N2. The molecule has 1 aliphatic heterocycles. The lowest BCUT2D eigenvalue weighted by molar-refractivity contribution is 0.271. The first-order valence-electron chi connectivity index (χ1n) is 5.05. The highest BCUT2D eigenvalue weighted by Gasteiger charge is 2.10. The fourth-order valence-corrected chi connectivity index (χ4v) is 1.59. The Morgan fingerprint density at radius 3 is 1.67 bits per heavy atom. The summed E-state index contributed by atoms with van der Waals surface area (Å²) in [6.07, 6.45) is 2.73. The SMILES string of the molecule is CC1CCN(C)CCN(C)CC1. The molecule has 72 valence electrons. The number of nitrogens with zero attached hydrogens (tertiary/aromatic N) is 2. The Balaban J connectivity index is 2.36. The molecule has 2 nitrogen and oxygen atoms in total. The average molecular weight is 170 g/mol. The summed E-state index contributed by atoms with van der Waals surface area (Å²) in [7, 11) is 4.46. The summed E-state index contributed by atoms with van der Waals surface area (Å²) >= 11 is 0. The van der Waals surface area contributed by atoms with Crippen molar-refractivity contribution in [3.63, 3.8) is 0 Å². The molecule has 0 aromatic carbocycles. The molecule has 0 aromatic rings. The van der Waals surface area contributed by atoms with Gasteiger partial charge in [0, 0.05) is 13.1 Å². The Hall–Kier alpha value is -0.0800. The molecule has 0 spiro atoms. The van der Waals surface area contributed by atoms with Crippen LogP contribution in [0.3, 0.4) is 0 Å². The molecule has 2 heteroatoms. The minimum atomic E-state index is 0.896. The van der Waals surface area contributed by atoms with Crippen LogP contribution in [-0.2, 0) is 0 Å². The Bertz CT molecular complexity index is 89.2. The van der Waals surface area contributed by atoms with Crippen molar-refractivity contribution < 1.29 is 0 Å². The molecular weight excluding hydrogens is 148 g/mol.